The van der Waals surface area contributed by atoms with Crippen LogP contribution in [0.25, 0.3) is 0 Å². The molecule has 0 aliphatic rings. The van der Waals surface area contributed by atoms with E-state index in [9.17, 15) is 9.59 Å². The van der Waals surface area contributed by atoms with Gasteiger partial charge in [0.2, 0.25) is 0 Å². The van der Waals surface area contributed by atoms with Gasteiger partial charge in [0.1, 0.15) is 6.10 Å². The minimum Gasteiger partial charge on any atom is -0.481 e. The lowest BCUT2D eigenvalue weighted by atomic mass is 10.0. The minimum atomic E-state index is -0.701. The van der Waals surface area contributed by atoms with Gasteiger partial charge in [0.05, 0.1) is 0 Å². The molecule has 4 heteroatoms. The molecule has 1 unspecified atom stereocenters. The van der Waals surface area contributed by atoms with Crippen molar-refractivity contribution in [3.05, 3.63) is 12.2 Å². The molecule has 1 atom stereocenters. The number of unbranched alkanes of at least 4 members (excludes halogenated alkanes) is 22. The van der Waals surface area contributed by atoms with E-state index < -0.39 is 5.97 Å². The van der Waals surface area contributed by atoms with Crippen molar-refractivity contribution in [3.8, 4) is 0 Å². The second kappa shape index (κ2) is 33.2. The number of ether oxygens (including phenoxy) is 1. The van der Waals surface area contributed by atoms with Crippen LogP contribution in [0.2, 0.25) is 0 Å². The first-order valence-electron chi connectivity index (χ1n) is 18.2. The molecule has 0 fully saturated rings. The highest BCUT2D eigenvalue weighted by molar-refractivity contribution is 5.69. The van der Waals surface area contributed by atoms with Gasteiger partial charge in [-0.25, -0.2) is 0 Å². The predicted octanol–water partition coefficient (Wildman–Crippen LogP) is 12.3. The molecule has 0 radical (unpaired) electrons. The van der Waals surface area contributed by atoms with Gasteiger partial charge in [-0.05, 0) is 64.2 Å². The third-order valence-corrected chi connectivity index (χ3v) is 8.24. The van der Waals surface area contributed by atoms with Crippen molar-refractivity contribution in [2.75, 3.05) is 0 Å². The highest BCUT2D eigenvalue weighted by Crippen LogP contribution is 2.18. The summed E-state index contributed by atoms with van der Waals surface area (Å²) in [5.41, 5.74) is 0. The Morgan fingerprint density at radius 2 is 0.878 bits per heavy atom. The highest BCUT2D eigenvalue weighted by Gasteiger charge is 2.14. The zero-order valence-electron chi connectivity index (χ0n) is 27.6. The van der Waals surface area contributed by atoms with E-state index in [4.69, 9.17) is 9.84 Å². The predicted molar refractivity (Wildman–Crippen MR) is 177 cm³/mol. The number of hydrogen-bond donors (Lipinski definition) is 1. The van der Waals surface area contributed by atoms with Gasteiger partial charge >= 0.3 is 11.9 Å². The van der Waals surface area contributed by atoms with Gasteiger partial charge in [-0.3, -0.25) is 9.59 Å². The lowest BCUT2D eigenvalue weighted by Gasteiger charge is -2.18. The Balaban J connectivity index is 3.85. The Hall–Kier alpha value is -1.32. The summed E-state index contributed by atoms with van der Waals surface area (Å²) in [6, 6.07) is 0. The molecule has 0 saturated heterocycles. The lowest BCUT2D eigenvalue weighted by molar-refractivity contribution is -0.150. The van der Waals surface area contributed by atoms with Crippen molar-refractivity contribution in [1.29, 1.82) is 0 Å². The molecule has 0 bridgehead atoms. The summed E-state index contributed by atoms with van der Waals surface area (Å²) in [4.78, 5) is 23.2. The molecule has 0 spiro atoms. The molecule has 0 aliphatic heterocycles. The Bertz CT molecular complexity index is 585. The molecule has 0 heterocycles. The van der Waals surface area contributed by atoms with Crippen LogP contribution in [-0.4, -0.2) is 23.1 Å². The van der Waals surface area contributed by atoms with Crippen molar-refractivity contribution in [2.24, 2.45) is 0 Å². The van der Waals surface area contributed by atoms with Crippen LogP contribution in [0.4, 0.5) is 0 Å². The number of aliphatic carboxylic acids is 1. The normalized spacial score (nSPS) is 12.2. The van der Waals surface area contributed by atoms with E-state index in [1.807, 2.05) is 0 Å². The summed E-state index contributed by atoms with van der Waals surface area (Å²) in [5.74, 6) is -0.705. The maximum absolute atomic E-state index is 12.5. The SMILES string of the molecule is CCCCCCCC/C=C\CCCCCCCCCC(=O)OC(CCCCCCCC)CCCCCCCC(=O)O. The molecule has 1 N–H and O–H groups in total. The first kappa shape index (κ1) is 39.7. The van der Waals surface area contributed by atoms with Crippen LogP contribution in [-0.2, 0) is 14.3 Å². The molecule has 0 aromatic heterocycles. The van der Waals surface area contributed by atoms with Crippen LogP contribution in [0.15, 0.2) is 12.2 Å². The van der Waals surface area contributed by atoms with E-state index in [0.717, 1.165) is 64.2 Å². The second-order valence-corrected chi connectivity index (χ2v) is 12.4. The zero-order valence-corrected chi connectivity index (χ0v) is 27.6. The Morgan fingerprint density at radius 3 is 1.32 bits per heavy atom. The van der Waals surface area contributed by atoms with E-state index in [2.05, 4.69) is 26.0 Å². The third-order valence-electron chi connectivity index (χ3n) is 8.24. The summed E-state index contributed by atoms with van der Waals surface area (Å²) in [6.07, 6.45) is 39.5. The fraction of sp³-hybridized carbons (Fsp3) is 0.892. The van der Waals surface area contributed by atoms with Gasteiger partial charge in [-0.1, -0.05) is 142 Å². The van der Waals surface area contributed by atoms with Gasteiger partial charge < -0.3 is 9.84 Å². The van der Waals surface area contributed by atoms with Crippen LogP contribution in [0.3, 0.4) is 0 Å². The van der Waals surface area contributed by atoms with Gasteiger partial charge in [0.25, 0.3) is 0 Å². The molecule has 0 aliphatic carbocycles. The van der Waals surface area contributed by atoms with Crippen molar-refractivity contribution >= 4 is 11.9 Å². The molecule has 0 aromatic carbocycles. The summed E-state index contributed by atoms with van der Waals surface area (Å²) in [7, 11) is 0. The lowest BCUT2D eigenvalue weighted by Crippen LogP contribution is -2.18. The maximum atomic E-state index is 12.5. The van der Waals surface area contributed by atoms with Crippen LogP contribution in [0.1, 0.15) is 206 Å². The maximum Gasteiger partial charge on any atom is 0.306 e. The molecule has 0 saturated carbocycles. The van der Waals surface area contributed by atoms with Gasteiger partial charge in [-0.2, -0.15) is 0 Å². The molecule has 0 aromatic rings. The zero-order chi connectivity index (χ0) is 30.1. The number of rotatable bonds is 33. The number of allylic oxidation sites excluding steroid dienone is 2. The number of carboxylic acids is 1. The first-order chi connectivity index (χ1) is 20.1. The molecule has 242 valence electrons. The smallest absolute Gasteiger partial charge is 0.306 e. The number of hydrogen-bond acceptors (Lipinski definition) is 3. The molecule has 41 heavy (non-hydrogen) atoms. The van der Waals surface area contributed by atoms with Crippen LogP contribution in [0.5, 0.6) is 0 Å². The summed E-state index contributed by atoms with van der Waals surface area (Å²) < 4.78 is 5.94. The average molecular weight is 579 g/mol. The Morgan fingerprint density at radius 1 is 0.512 bits per heavy atom. The van der Waals surface area contributed by atoms with E-state index in [-0.39, 0.29) is 18.5 Å². The fourth-order valence-corrected chi connectivity index (χ4v) is 5.53. The van der Waals surface area contributed by atoms with Crippen molar-refractivity contribution in [2.45, 2.75) is 213 Å². The van der Waals surface area contributed by atoms with Gasteiger partial charge in [0.15, 0.2) is 0 Å². The standard InChI is InChI=1S/C37H70O4/c1-3-5-7-9-11-12-13-14-15-16-17-18-19-20-21-26-30-34-37(40)41-35(31-27-23-10-8-6-4-2)32-28-24-22-25-29-33-36(38)39/h14-15,35H,3-13,16-34H2,1-2H3,(H,38,39)/b15-14-. The minimum absolute atomic E-state index is 0.00446. The van der Waals surface area contributed by atoms with E-state index in [1.54, 1.807) is 0 Å². The van der Waals surface area contributed by atoms with Crippen molar-refractivity contribution < 1.29 is 19.4 Å². The van der Waals surface area contributed by atoms with E-state index in [1.165, 1.54) is 116 Å². The highest BCUT2D eigenvalue weighted by atomic mass is 16.5. The van der Waals surface area contributed by atoms with Crippen LogP contribution >= 0.6 is 0 Å². The van der Waals surface area contributed by atoms with Gasteiger partial charge in [0, 0.05) is 12.8 Å². The Labute approximate surface area is 255 Å². The van der Waals surface area contributed by atoms with Gasteiger partial charge in [-0.15, -0.1) is 0 Å². The van der Waals surface area contributed by atoms with E-state index >= 15 is 0 Å². The number of carbonyl (C=O) groups is 2. The number of carbonyl (C=O) groups excluding carboxylic acids is 1. The number of esters is 1. The van der Waals surface area contributed by atoms with Crippen molar-refractivity contribution in [1.82, 2.24) is 0 Å². The fourth-order valence-electron chi connectivity index (χ4n) is 5.53. The average Bonchev–Trinajstić information content (AvgIpc) is 2.95. The van der Waals surface area contributed by atoms with Crippen molar-refractivity contribution in [3.63, 3.8) is 0 Å². The molecular formula is C37H70O4. The molecule has 4 nitrogen and oxygen atoms in total. The number of carboxylic acid groups (broad SMARTS) is 1. The van der Waals surface area contributed by atoms with Crippen LogP contribution < -0.4 is 0 Å². The monoisotopic (exact) mass is 579 g/mol. The quantitative estimate of drug-likeness (QED) is 0.0478. The largest absolute Gasteiger partial charge is 0.481 e. The van der Waals surface area contributed by atoms with E-state index in [0.29, 0.717) is 6.42 Å². The topological polar surface area (TPSA) is 63.6 Å². The Kier molecular flexibility index (Phi) is 32.1. The molecule has 0 amide bonds. The summed E-state index contributed by atoms with van der Waals surface area (Å²) >= 11 is 0. The third kappa shape index (κ3) is 33.1. The molecule has 0 rings (SSSR count). The summed E-state index contributed by atoms with van der Waals surface area (Å²) in [6.45, 7) is 4.52. The second-order valence-electron chi connectivity index (χ2n) is 12.4. The summed E-state index contributed by atoms with van der Waals surface area (Å²) in [5, 5.41) is 8.77. The molecular weight excluding hydrogens is 508 g/mol. The van der Waals surface area contributed by atoms with Crippen LogP contribution in [0, 0.1) is 0 Å². The first-order valence-corrected chi connectivity index (χ1v) is 18.2.